The number of benzene rings is 2. The van der Waals surface area contributed by atoms with Gasteiger partial charge in [-0.2, -0.15) is 4.31 Å². The normalized spacial score (nSPS) is 17.8. The van der Waals surface area contributed by atoms with E-state index in [1.165, 1.54) is 49.5 Å². The molecule has 0 aromatic heterocycles. The molecule has 0 atom stereocenters. The van der Waals surface area contributed by atoms with E-state index in [1.54, 1.807) is 12.1 Å². The zero-order valence-corrected chi connectivity index (χ0v) is 18.7. The number of para-hydroxylation sites is 1. The summed E-state index contributed by atoms with van der Waals surface area (Å²) in [5.41, 5.74) is 0.263. The molecule has 1 N–H and O–H groups in total. The van der Waals surface area contributed by atoms with Gasteiger partial charge in [0, 0.05) is 12.1 Å². The van der Waals surface area contributed by atoms with Gasteiger partial charge in [-0.3, -0.25) is 9.69 Å². The number of methoxy groups -OCH3 is 2. The van der Waals surface area contributed by atoms with Gasteiger partial charge in [-0.25, -0.2) is 13.2 Å². The minimum Gasteiger partial charge on any atom is -0.493 e. The monoisotopic (exact) mass is 459 g/mol. The predicted octanol–water partition coefficient (Wildman–Crippen LogP) is 2.90. The van der Waals surface area contributed by atoms with E-state index in [1.807, 2.05) is 0 Å². The minimum absolute atomic E-state index is 0.0527. The van der Waals surface area contributed by atoms with E-state index < -0.39 is 16.1 Å². The van der Waals surface area contributed by atoms with Gasteiger partial charge in [0.05, 0.1) is 25.6 Å². The number of rotatable bonds is 6. The summed E-state index contributed by atoms with van der Waals surface area (Å²) in [5, 5.41) is 2.95. The molecule has 10 heteroatoms. The molecule has 32 heavy (non-hydrogen) atoms. The van der Waals surface area contributed by atoms with Gasteiger partial charge >= 0.3 is 6.03 Å². The molecule has 0 radical (unpaired) electrons. The summed E-state index contributed by atoms with van der Waals surface area (Å²) in [7, 11) is -1.33. The van der Waals surface area contributed by atoms with Gasteiger partial charge in [-0.15, -0.1) is 0 Å². The molecule has 1 aliphatic carbocycles. The van der Waals surface area contributed by atoms with Crippen molar-refractivity contribution in [2.24, 2.45) is 0 Å². The van der Waals surface area contributed by atoms with E-state index >= 15 is 0 Å². The van der Waals surface area contributed by atoms with Crippen LogP contribution < -0.4 is 24.0 Å². The number of nitrogens with one attached hydrogen (secondary N) is 1. The lowest BCUT2D eigenvalue weighted by molar-refractivity contribution is -0.120. The van der Waals surface area contributed by atoms with Crippen LogP contribution in [0.25, 0.3) is 0 Å². The van der Waals surface area contributed by atoms with Gasteiger partial charge in [-0.05, 0) is 37.1 Å². The third kappa shape index (κ3) is 3.86. The second kappa shape index (κ2) is 8.70. The van der Waals surface area contributed by atoms with Crippen molar-refractivity contribution in [3.8, 4) is 11.5 Å². The second-order valence-corrected chi connectivity index (χ2v) is 9.45. The van der Waals surface area contributed by atoms with Crippen LogP contribution in [0, 0.1) is 0 Å². The summed E-state index contributed by atoms with van der Waals surface area (Å²) < 4.78 is 37.9. The van der Waals surface area contributed by atoms with Gasteiger partial charge in [0.1, 0.15) is 11.4 Å². The second-order valence-electron chi connectivity index (χ2n) is 7.69. The maximum Gasteiger partial charge on any atom is 0.343 e. The number of anilines is 2. The molecular formula is C22H25N3O6S. The highest BCUT2D eigenvalue weighted by Crippen LogP contribution is 2.39. The first-order chi connectivity index (χ1) is 15.4. The molecule has 0 unspecified atom stereocenters. The number of nitrogens with zero attached hydrogens (tertiary/aromatic N) is 2. The number of hydrogen-bond donors (Lipinski definition) is 1. The van der Waals surface area contributed by atoms with Crippen LogP contribution in [0.4, 0.5) is 16.2 Å². The van der Waals surface area contributed by atoms with Crippen molar-refractivity contribution in [1.29, 1.82) is 0 Å². The predicted molar refractivity (Wildman–Crippen MR) is 119 cm³/mol. The van der Waals surface area contributed by atoms with Crippen LogP contribution in [-0.4, -0.2) is 47.2 Å². The van der Waals surface area contributed by atoms with Crippen molar-refractivity contribution < 1.29 is 27.5 Å². The molecule has 1 aliphatic heterocycles. The highest BCUT2D eigenvalue weighted by Gasteiger charge is 2.43. The number of urea groups is 1. The van der Waals surface area contributed by atoms with E-state index in [2.05, 4.69) is 5.32 Å². The highest BCUT2D eigenvalue weighted by atomic mass is 32.2. The van der Waals surface area contributed by atoms with Crippen molar-refractivity contribution in [3.63, 3.8) is 0 Å². The molecular weight excluding hydrogens is 434 g/mol. The summed E-state index contributed by atoms with van der Waals surface area (Å²) in [6.07, 6.45) is 3.92. The van der Waals surface area contributed by atoms with Crippen molar-refractivity contribution in [1.82, 2.24) is 5.32 Å². The number of carbonyl (C=O) groups excluding carboxylic acids is 2. The van der Waals surface area contributed by atoms with E-state index in [0.717, 1.165) is 25.7 Å². The molecule has 170 valence electrons. The molecule has 2 aromatic carbocycles. The summed E-state index contributed by atoms with van der Waals surface area (Å²) >= 11 is 0. The summed E-state index contributed by atoms with van der Waals surface area (Å²) in [5.74, 6) is 0.343. The first-order valence-electron chi connectivity index (χ1n) is 10.3. The Morgan fingerprint density at radius 3 is 2.44 bits per heavy atom. The maximum atomic E-state index is 13.5. The van der Waals surface area contributed by atoms with Gasteiger partial charge in [-0.1, -0.05) is 25.0 Å². The smallest absolute Gasteiger partial charge is 0.343 e. The standard InChI is InChI=1S/C22H25N3O6S/c1-30-18-12-11-16(13-19(18)31-2)25-22(27)24(14-21(26)23-15-7-3-4-8-15)17-9-5-6-10-20(17)32(25,28)29/h5-6,9-13,15H,3-4,7-8,14H2,1-2H3,(H,23,26). The largest absolute Gasteiger partial charge is 0.493 e. The zero-order chi connectivity index (χ0) is 22.9. The molecule has 0 saturated heterocycles. The maximum absolute atomic E-state index is 13.5. The molecule has 1 saturated carbocycles. The van der Waals surface area contributed by atoms with Crippen molar-refractivity contribution >= 4 is 33.3 Å². The van der Waals surface area contributed by atoms with Crippen LogP contribution in [0.5, 0.6) is 11.5 Å². The van der Waals surface area contributed by atoms with E-state index in [9.17, 15) is 18.0 Å². The van der Waals surface area contributed by atoms with Gasteiger partial charge in [0.2, 0.25) is 5.91 Å². The SMILES string of the molecule is COc1ccc(N2C(=O)N(CC(=O)NC3CCCC3)c3ccccc3S2(=O)=O)cc1OC. The number of sulfonamides is 1. The first-order valence-corrected chi connectivity index (χ1v) is 11.8. The number of ether oxygens (including phenoxy) is 2. The lowest BCUT2D eigenvalue weighted by Crippen LogP contribution is -2.54. The first kappa shape index (κ1) is 21.9. The Morgan fingerprint density at radius 2 is 1.75 bits per heavy atom. The fraction of sp³-hybridized carbons (Fsp3) is 0.364. The Labute approximate surface area is 187 Å². The molecule has 0 bridgehead atoms. The molecule has 4 rings (SSSR count). The molecule has 9 nitrogen and oxygen atoms in total. The van der Waals surface area contributed by atoms with Crippen molar-refractivity contribution in [3.05, 3.63) is 42.5 Å². The van der Waals surface area contributed by atoms with E-state index in [4.69, 9.17) is 9.47 Å². The zero-order valence-electron chi connectivity index (χ0n) is 17.9. The van der Waals surface area contributed by atoms with Crippen molar-refractivity contribution in [2.75, 3.05) is 30.0 Å². The van der Waals surface area contributed by atoms with Crippen LogP contribution in [0.1, 0.15) is 25.7 Å². The highest BCUT2D eigenvalue weighted by molar-refractivity contribution is 7.94. The summed E-state index contributed by atoms with van der Waals surface area (Å²) in [6.45, 7) is -0.286. The molecule has 2 aromatic rings. The fourth-order valence-corrected chi connectivity index (χ4v) is 5.74. The van der Waals surface area contributed by atoms with Crippen LogP contribution in [0.3, 0.4) is 0 Å². The van der Waals surface area contributed by atoms with Gasteiger partial charge in [0.15, 0.2) is 11.5 Å². The minimum atomic E-state index is -4.21. The molecule has 1 heterocycles. The topological polar surface area (TPSA) is 105 Å². The summed E-state index contributed by atoms with van der Waals surface area (Å²) in [4.78, 5) is 27.3. The summed E-state index contributed by atoms with van der Waals surface area (Å²) in [6, 6.07) is 9.81. The average molecular weight is 460 g/mol. The quantitative estimate of drug-likeness (QED) is 0.712. The van der Waals surface area contributed by atoms with Crippen LogP contribution >= 0.6 is 0 Å². The number of hydrogen-bond acceptors (Lipinski definition) is 6. The third-order valence-corrected chi connectivity index (χ3v) is 7.45. The lowest BCUT2D eigenvalue weighted by atomic mass is 10.2. The van der Waals surface area contributed by atoms with Crippen LogP contribution in [0.15, 0.2) is 47.4 Å². The van der Waals surface area contributed by atoms with Gasteiger partial charge in [0.25, 0.3) is 10.0 Å². The van der Waals surface area contributed by atoms with E-state index in [0.29, 0.717) is 10.1 Å². The lowest BCUT2D eigenvalue weighted by Gasteiger charge is -2.36. The van der Waals surface area contributed by atoms with Gasteiger partial charge < -0.3 is 14.8 Å². The van der Waals surface area contributed by atoms with Crippen LogP contribution in [-0.2, 0) is 14.8 Å². The average Bonchev–Trinajstić information content (AvgIpc) is 3.29. The van der Waals surface area contributed by atoms with E-state index in [-0.39, 0.29) is 40.5 Å². The molecule has 2 aliphatic rings. The number of fused-ring (bicyclic) bond motifs is 1. The Hall–Kier alpha value is -3.27. The Bertz CT molecular complexity index is 1140. The van der Waals surface area contributed by atoms with Crippen LogP contribution in [0.2, 0.25) is 0 Å². The Morgan fingerprint density at radius 1 is 1.06 bits per heavy atom. The Kier molecular flexibility index (Phi) is 5.96. The Balaban J connectivity index is 1.74. The molecule has 0 spiro atoms. The fourth-order valence-electron chi connectivity index (χ4n) is 4.15. The number of amides is 3. The van der Waals surface area contributed by atoms with Crippen molar-refractivity contribution in [2.45, 2.75) is 36.6 Å². The number of carbonyl (C=O) groups is 2. The third-order valence-electron chi connectivity index (χ3n) is 5.70. The molecule has 1 fully saturated rings. The molecule has 3 amide bonds.